The molecular formula is C14H16O3. The van der Waals surface area contributed by atoms with Crippen molar-refractivity contribution in [3.8, 4) is 11.5 Å². The molecule has 0 spiro atoms. The molecule has 0 N–H and O–H groups in total. The number of Topliss-reactive ketones (excluding diaryl/α,β-unsaturated/α-hetero) is 1. The number of ether oxygens (including phenoxy) is 2. The van der Waals surface area contributed by atoms with Gasteiger partial charge in [-0.25, -0.2) is 0 Å². The molecule has 1 aliphatic carbocycles. The standard InChI is InChI=1S/C14H16O3/c15-12(11-5-6-11)3-1-2-10-4-7-13-14(8-10)17-9-16-13/h4,7-8,11H,1-3,5-6,9H2. The van der Waals surface area contributed by atoms with Gasteiger partial charge in [0.1, 0.15) is 5.78 Å². The molecule has 3 rings (SSSR count). The van der Waals surface area contributed by atoms with Crippen LogP contribution in [0.25, 0.3) is 0 Å². The summed E-state index contributed by atoms with van der Waals surface area (Å²) in [7, 11) is 0. The van der Waals surface area contributed by atoms with Crippen LogP contribution in [0.2, 0.25) is 0 Å². The molecule has 0 bridgehead atoms. The van der Waals surface area contributed by atoms with E-state index in [1.165, 1.54) is 5.56 Å². The van der Waals surface area contributed by atoms with Crippen LogP contribution in [-0.4, -0.2) is 12.6 Å². The van der Waals surface area contributed by atoms with Crippen molar-refractivity contribution in [1.29, 1.82) is 0 Å². The van der Waals surface area contributed by atoms with E-state index < -0.39 is 0 Å². The van der Waals surface area contributed by atoms with E-state index in [-0.39, 0.29) is 0 Å². The zero-order chi connectivity index (χ0) is 11.7. The Hall–Kier alpha value is -1.51. The van der Waals surface area contributed by atoms with Crippen molar-refractivity contribution in [3.63, 3.8) is 0 Å². The Morgan fingerprint density at radius 2 is 2.06 bits per heavy atom. The lowest BCUT2D eigenvalue weighted by Gasteiger charge is -2.02. The Kier molecular flexibility index (Phi) is 2.75. The lowest BCUT2D eigenvalue weighted by Crippen LogP contribution is -2.00. The molecule has 0 unspecified atom stereocenters. The van der Waals surface area contributed by atoms with E-state index in [0.29, 0.717) is 18.5 Å². The molecular weight excluding hydrogens is 216 g/mol. The highest BCUT2D eigenvalue weighted by molar-refractivity contribution is 5.83. The number of hydrogen-bond donors (Lipinski definition) is 0. The molecule has 1 aromatic rings. The Bertz CT molecular complexity index is 435. The van der Waals surface area contributed by atoms with Gasteiger partial charge in [0, 0.05) is 12.3 Å². The molecule has 1 aromatic carbocycles. The first-order valence-corrected chi connectivity index (χ1v) is 6.24. The number of aryl methyl sites for hydroxylation is 1. The average Bonchev–Trinajstić information content (AvgIpc) is 3.08. The summed E-state index contributed by atoms with van der Waals surface area (Å²) in [5.74, 6) is 2.50. The van der Waals surface area contributed by atoms with Crippen LogP contribution in [0.15, 0.2) is 18.2 Å². The number of carbonyl (C=O) groups is 1. The molecule has 1 saturated carbocycles. The first kappa shape index (κ1) is 10.6. The minimum Gasteiger partial charge on any atom is -0.454 e. The summed E-state index contributed by atoms with van der Waals surface area (Å²) < 4.78 is 10.6. The van der Waals surface area contributed by atoms with Crippen LogP contribution in [0.4, 0.5) is 0 Å². The second kappa shape index (κ2) is 4.40. The van der Waals surface area contributed by atoms with Gasteiger partial charge in [0.05, 0.1) is 0 Å². The normalized spacial score (nSPS) is 17.2. The van der Waals surface area contributed by atoms with Crippen LogP contribution in [0.1, 0.15) is 31.2 Å². The van der Waals surface area contributed by atoms with E-state index in [2.05, 4.69) is 6.07 Å². The van der Waals surface area contributed by atoms with Crippen LogP contribution >= 0.6 is 0 Å². The van der Waals surface area contributed by atoms with Gasteiger partial charge in [0.25, 0.3) is 0 Å². The lowest BCUT2D eigenvalue weighted by atomic mass is 10.0. The SMILES string of the molecule is O=C(CCCc1ccc2c(c1)OCO2)C1CC1. The van der Waals surface area contributed by atoms with Gasteiger partial charge in [0.2, 0.25) is 6.79 Å². The van der Waals surface area contributed by atoms with Crippen molar-refractivity contribution in [2.75, 3.05) is 6.79 Å². The van der Waals surface area contributed by atoms with Crippen LogP contribution in [0, 0.1) is 5.92 Å². The third-order valence-corrected chi connectivity index (χ3v) is 3.36. The van der Waals surface area contributed by atoms with Crippen molar-refractivity contribution >= 4 is 5.78 Å². The number of hydrogen-bond acceptors (Lipinski definition) is 3. The average molecular weight is 232 g/mol. The summed E-state index contributed by atoms with van der Waals surface area (Å²) in [5, 5.41) is 0. The van der Waals surface area contributed by atoms with Gasteiger partial charge in [-0.15, -0.1) is 0 Å². The summed E-state index contributed by atoms with van der Waals surface area (Å²) in [6, 6.07) is 6.01. The minimum atomic E-state index is 0.318. The smallest absolute Gasteiger partial charge is 0.231 e. The van der Waals surface area contributed by atoms with Crippen molar-refractivity contribution in [3.05, 3.63) is 23.8 Å². The largest absolute Gasteiger partial charge is 0.454 e. The maximum Gasteiger partial charge on any atom is 0.231 e. The van der Waals surface area contributed by atoms with Gasteiger partial charge in [-0.2, -0.15) is 0 Å². The molecule has 1 aliphatic heterocycles. The Balaban J connectivity index is 1.52. The topological polar surface area (TPSA) is 35.5 Å². The number of benzene rings is 1. The summed E-state index contributed by atoms with van der Waals surface area (Å²) in [6.45, 7) is 0.318. The highest BCUT2D eigenvalue weighted by atomic mass is 16.7. The number of ketones is 1. The van der Waals surface area contributed by atoms with E-state index in [1.807, 2.05) is 12.1 Å². The number of fused-ring (bicyclic) bond motifs is 1. The zero-order valence-electron chi connectivity index (χ0n) is 9.78. The summed E-state index contributed by atoms with van der Waals surface area (Å²) >= 11 is 0. The van der Waals surface area contributed by atoms with Gasteiger partial charge in [-0.3, -0.25) is 4.79 Å². The third kappa shape index (κ3) is 2.43. The molecule has 90 valence electrons. The van der Waals surface area contributed by atoms with Crippen LogP contribution < -0.4 is 9.47 Å². The molecule has 0 saturated heterocycles. The fourth-order valence-corrected chi connectivity index (χ4v) is 2.17. The van der Waals surface area contributed by atoms with Crippen molar-refractivity contribution in [2.45, 2.75) is 32.1 Å². The lowest BCUT2D eigenvalue weighted by molar-refractivity contribution is -0.120. The minimum absolute atomic E-state index is 0.318. The van der Waals surface area contributed by atoms with Gasteiger partial charge >= 0.3 is 0 Å². The van der Waals surface area contributed by atoms with Gasteiger partial charge < -0.3 is 9.47 Å². The fourth-order valence-electron chi connectivity index (χ4n) is 2.17. The van der Waals surface area contributed by atoms with E-state index in [4.69, 9.17) is 9.47 Å². The number of rotatable bonds is 5. The molecule has 17 heavy (non-hydrogen) atoms. The van der Waals surface area contributed by atoms with E-state index in [9.17, 15) is 4.79 Å². The van der Waals surface area contributed by atoms with Crippen LogP contribution in [0.3, 0.4) is 0 Å². The monoisotopic (exact) mass is 232 g/mol. The molecule has 0 aromatic heterocycles. The first-order valence-electron chi connectivity index (χ1n) is 6.24. The predicted molar refractivity (Wildman–Crippen MR) is 63.2 cm³/mol. The maximum atomic E-state index is 11.5. The molecule has 2 aliphatic rings. The van der Waals surface area contributed by atoms with Crippen molar-refractivity contribution in [1.82, 2.24) is 0 Å². The molecule has 0 atom stereocenters. The van der Waals surface area contributed by atoms with E-state index in [0.717, 1.165) is 43.6 Å². The number of carbonyl (C=O) groups excluding carboxylic acids is 1. The predicted octanol–water partition coefficient (Wildman–Crippen LogP) is 2.72. The molecule has 3 heteroatoms. The fraction of sp³-hybridized carbons (Fsp3) is 0.500. The molecule has 1 fully saturated rings. The summed E-state index contributed by atoms with van der Waals surface area (Å²) in [6.07, 6.45) is 4.83. The quantitative estimate of drug-likeness (QED) is 0.783. The van der Waals surface area contributed by atoms with E-state index in [1.54, 1.807) is 0 Å². The molecule has 0 amide bonds. The summed E-state index contributed by atoms with van der Waals surface area (Å²) in [4.78, 5) is 11.5. The highest BCUT2D eigenvalue weighted by Gasteiger charge is 2.28. The van der Waals surface area contributed by atoms with Gasteiger partial charge in [-0.05, 0) is 43.4 Å². The Labute approximate surface area is 101 Å². The molecule has 3 nitrogen and oxygen atoms in total. The highest BCUT2D eigenvalue weighted by Crippen LogP contribution is 2.33. The Morgan fingerprint density at radius 3 is 2.88 bits per heavy atom. The third-order valence-electron chi connectivity index (χ3n) is 3.36. The Morgan fingerprint density at radius 1 is 1.24 bits per heavy atom. The maximum absolute atomic E-state index is 11.5. The van der Waals surface area contributed by atoms with Gasteiger partial charge in [0.15, 0.2) is 11.5 Å². The first-order chi connectivity index (χ1) is 8.33. The second-order valence-electron chi connectivity index (χ2n) is 4.78. The van der Waals surface area contributed by atoms with Crippen molar-refractivity contribution in [2.24, 2.45) is 5.92 Å². The second-order valence-corrected chi connectivity index (χ2v) is 4.78. The van der Waals surface area contributed by atoms with Crippen LogP contribution in [-0.2, 0) is 11.2 Å². The molecule has 0 radical (unpaired) electrons. The van der Waals surface area contributed by atoms with E-state index >= 15 is 0 Å². The molecule has 1 heterocycles. The summed E-state index contributed by atoms with van der Waals surface area (Å²) in [5.41, 5.74) is 1.22. The van der Waals surface area contributed by atoms with Crippen molar-refractivity contribution < 1.29 is 14.3 Å². The zero-order valence-corrected chi connectivity index (χ0v) is 9.78. The van der Waals surface area contributed by atoms with Gasteiger partial charge in [-0.1, -0.05) is 6.07 Å². The van der Waals surface area contributed by atoms with Crippen LogP contribution in [0.5, 0.6) is 11.5 Å².